The number of benzene rings is 2. The van der Waals surface area contributed by atoms with Gasteiger partial charge in [0.25, 0.3) is 0 Å². The van der Waals surface area contributed by atoms with Gasteiger partial charge in [-0.25, -0.2) is 9.50 Å². The van der Waals surface area contributed by atoms with Crippen LogP contribution in [0, 0.1) is 5.41 Å². The van der Waals surface area contributed by atoms with Crippen LogP contribution >= 0.6 is 0 Å². The van der Waals surface area contributed by atoms with Crippen LogP contribution in [0.2, 0.25) is 0 Å². The zero-order valence-electron chi connectivity index (χ0n) is 20.3. The number of morpholine rings is 1. The van der Waals surface area contributed by atoms with Crippen molar-refractivity contribution >= 4 is 34.4 Å². The average molecular weight is 471 g/mol. The Morgan fingerprint density at radius 1 is 0.971 bits per heavy atom. The monoisotopic (exact) mass is 470 g/mol. The molecule has 0 aliphatic carbocycles. The molecule has 3 heterocycles. The largest absolute Gasteiger partial charge is 0.378 e. The number of rotatable bonds is 5. The van der Waals surface area contributed by atoms with Gasteiger partial charge in [-0.3, -0.25) is 4.79 Å². The van der Waals surface area contributed by atoms with Crippen molar-refractivity contribution in [3.63, 3.8) is 0 Å². The van der Waals surface area contributed by atoms with Crippen LogP contribution in [0.1, 0.15) is 20.8 Å². The lowest BCUT2D eigenvalue weighted by molar-refractivity contribution is -0.123. The molecule has 8 heteroatoms. The van der Waals surface area contributed by atoms with E-state index in [1.165, 1.54) is 5.69 Å². The molecule has 0 radical (unpaired) electrons. The molecular weight excluding hydrogens is 440 g/mol. The molecule has 1 aliphatic heterocycles. The van der Waals surface area contributed by atoms with Crippen LogP contribution in [0.5, 0.6) is 0 Å². The van der Waals surface area contributed by atoms with Crippen LogP contribution in [-0.4, -0.2) is 46.8 Å². The third kappa shape index (κ3) is 4.97. The third-order valence-corrected chi connectivity index (χ3v) is 6.03. The standard InChI is InChI=1S/C27H30N6O2/c1-27(2,3)25(34)30-23-7-5-4-6-22(23)24-13-12-21-18-28-26(31-33(21)24)29-19-8-10-20(11-9-19)32-14-16-35-17-15-32/h4-13,18H,14-17H2,1-3H3,(H,29,31)(H,30,34). The summed E-state index contributed by atoms with van der Waals surface area (Å²) in [6.07, 6.45) is 1.79. The van der Waals surface area contributed by atoms with Gasteiger partial charge in [-0.05, 0) is 42.5 Å². The van der Waals surface area contributed by atoms with Crippen LogP contribution in [0.15, 0.2) is 66.9 Å². The van der Waals surface area contributed by atoms with Crippen molar-refractivity contribution in [2.75, 3.05) is 41.8 Å². The first kappa shape index (κ1) is 22.9. The van der Waals surface area contributed by atoms with E-state index in [1.807, 2.05) is 73.8 Å². The van der Waals surface area contributed by atoms with Gasteiger partial charge in [0.15, 0.2) is 0 Å². The summed E-state index contributed by atoms with van der Waals surface area (Å²) in [5, 5.41) is 11.1. The smallest absolute Gasteiger partial charge is 0.245 e. The number of carbonyl (C=O) groups is 1. The zero-order chi connectivity index (χ0) is 24.4. The van der Waals surface area contributed by atoms with Gasteiger partial charge in [-0.2, -0.15) is 0 Å². The second kappa shape index (κ2) is 9.38. The second-order valence-electron chi connectivity index (χ2n) is 9.66. The highest BCUT2D eigenvalue weighted by molar-refractivity contribution is 5.98. The predicted octanol–water partition coefficient (Wildman–Crippen LogP) is 4.96. The van der Waals surface area contributed by atoms with E-state index >= 15 is 0 Å². The van der Waals surface area contributed by atoms with Crippen molar-refractivity contribution < 1.29 is 9.53 Å². The molecule has 1 fully saturated rings. The molecule has 2 N–H and O–H groups in total. The van der Waals surface area contributed by atoms with E-state index in [4.69, 9.17) is 9.84 Å². The topological polar surface area (TPSA) is 83.8 Å². The molecule has 2 aromatic heterocycles. The Balaban J connectivity index is 1.41. The van der Waals surface area contributed by atoms with Gasteiger partial charge in [0.2, 0.25) is 11.9 Å². The lowest BCUT2D eigenvalue weighted by Gasteiger charge is -2.28. The lowest BCUT2D eigenvalue weighted by atomic mass is 9.95. The van der Waals surface area contributed by atoms with Gasteiger partial charge in [-0.15, -0.1) is 5.10 Å². The lowest BCUT2D eigenvalue weighted by Crippen LogP contribution is -2.36. The first-order chi connectivity index (χ1) is 16.9. The van der Waals surface area contributed by atoms with E-state index < -0.39 is 5.41 Å². The number of aromatic nitrogens is 3. The van der Waals surface area contributed by atoms with Crippen molar-refractivity contribution in [2.45, 2.75) is 20.8 Å². The molecule has 0 atom stereocenters. The SMILES string of the molecule is CC(C)(C)C(=O)Nc1ccccc1-c1ccc2cnc(Nc3ccc(N4CCOCC4)cc3)nn12. The van der Waals surface area contributed by atoms with Crippen LogP contribution in [-0.2, 0) is 9.53 Å². The van der Waals surface area contributed by atoms with Crippen LogP contribution in [0.25, 0.3) is 16.8 Å². The molecule has 5 rings (SSSR count). The highest BCUT2D eigenvalue weighted by Gasteiger charge is 2.22. The Morgan fingerprint density at radius 3 is 2.46 bits per heavy atom. The van der Waals surface area contributed by atoms with E-state index in [-0.39, 0.29) is 5.91 Å². The minimum atomic E-state index is -0.495. The molecular formula is C27H30N6O2. The van der Waals surface area contributed by atoms with Crippen LogP contribution < -0.4 is 15.5 Å². The first-order valence-corrected chi connectivity index (χ1v) is 11.8. The van der Waals surface area contributed by atoms with Gasteiger partial charge < -0.3 is 20.3 Å². The average Bonchev–Trinajstić information content (AvgIpc) is 3.28. The molecule has 35 heavy (non-hydrogen) atoms. The molecule has 0 spiro atoms. The van der Waals surface area contributed by atoms with E-state index in [2.05, 4.69) is 32.7 Å². The van der Waals surface area contributed by atoms with Gasteiger partial charge in [0.05, 0.1) is 36.3 Å². The summed E-state index contributed by atoms with van der Waals surface area (Å²) in [5.41, 5.74) is 4.97. The summed E-state index contributed by atoms with van der Waals surface area (Å²) < 4.78 is 7.29. The van der Waals surface area contributed by atoms with E-state index in [9.17, 15) is 4.79 Å². The summed E-state index contributed by atoms with van der Waals surface area (Å²) in [7, 11) is 0. The Hall–Kier alpha value is -3.91. The van der Waals surface area contributed by atoms with Gasteiger partial charge in [0.1, 0.15) is 0 Å². The van der Waals surface area contributed by atoms with E-state index in [1.54, 1.807) is 6.20 Å². The number of fused-ring (bicyclic) bond motifs is 1. The normalized spacial score (nSPS) is 14.2. The van der Waals surface area contributed by atoms with Gasteiger partial charge >= 0.3 is 0 Å². The van der Waals surface area contributed by atoms with Crippen LogP contribution in [0.3, 0.4) is 0 Å². The first-order valence-electron chi connectivity index (χ1n) is 11.8. The highest BCUT2D eigenvalue weighted by atomic mass is 16.5. The Morgan fingerprint density at radius 2 is 1.71 bits per heavy atom. The number of anilines is 4. The molecule has 1 amide bonds. The Labute approximate surface area is 204 Å². The summed E-state index contributed by atoms with van der Waals surface area (Å²) in [4.78, 5) is 19.4. The van der Waals surface area contributed by atoms with E-state index in [0.717, 1.165) is 54.5 Å². The fraction of sp³-hybridized carbons (Fsp3) is 0.296. The van der Waals surface area contributed by atoms with Crippen molar-refractivity contribution in [2.24, 2.45) is 5.41 Å². The molecule has 180 valence electrons. The fourth-order valence-electron chi connectivity index (χ4n) is 3.99. The van der Waals surface area contributed by atoms with Crippen molar-refractivity contribution in [1.29, 1.82) is 0 Å². The maximum absolute atomic E-state index is 12.6. The summed E-state index contributed by atoms with van der Waals surface area (Å²) in [5.74, 6) is 0.452. The molecule has 0 unspecified atom stereocenters. The third-order valence-electron chi connectivity index (χ3n) is 6.03. The molecule has 0 bridgehead atoms. The van der Waals surface area contributed by atoms with E-state index in [0.29, 0.717) is 5.95 Å². The number of nitrogens with one attached hydrogen (secondary N) is 2. The summed E-state index contributed by atoms with van der Waals surface area (Å²) >= 11 is 0. The molecule has 1 aliphatic rings. The predicted molar refractivity (Wildman–Crippen MR) is 139 cm³/mol. The number of para-hydroxylation sites is 1. The Bertz CT molecular complexity index is 1330. The number of ether oxygens (including phenoxy) is 1. The summed E-state index contributed by atoms with van der Waals surface area (Å²) in [6.45, 7) is 9.02. The number of nitrogens with zero attached hydrogens (tertiary/aromatic N) is 4. The van der Waals surface area contributed by atoms with Crippen molar-refractivity contribution in [3.8, 4) is 11.3 Å². The number of hydrogen-bond donors (Lipinski definition) is 2. The van der Waals surface area contributed by atoms with Crippen molar-refractivity contribution in [3.05, 3.63) is 66.9 Å². The molecule has 0 saturated carbocycles. The van der Waals surface area contributed by atoms with Gasteiger partial charge in [0, 0.05) is 35.4 Å². The fourth-order valence-corrected chi connectivity index (χ4v) is 3.99. The maximum atomic E-state index is 12.6. The number of hydrogen-bond acceptors (Lipinski definition) is 6. The minimum Gasteiger partial charge on any atom is -0.378 e. The van der Waals surface area contributed by atoms with Crippen molar-refractivity contribution in [1.82, 2.24) is 14.6 Å². The Kier molecular flexibility index (Phi) is 6.13. The van der Waals surface area contributed by atoms with Gasteiger partial charge in [-0.1, -0.05) is 39.0 Å². The zero-order valence-corrected chi connectivity index (χ0v) is 20.3. The molecule has 4 aromatic rings. The minimum absolute atomic E-state index is 0.0386. The number of amides is 1. The highest BCUT2D eigenvalue weighted by Crippen LogP contribution is 2.31. The quantitative estimate of drug-likeness (QED) is 0.429. The molecule has 2 aromatic carbocycles. The van der Waals surface area contributed by atoms with Crippen LogP contribution in [0.4, 0.5) is 23.0 Å². The second-order valence-corrected chi connectivity index (χ2v) is 9.66. The summed E-state index contributed by atoms with van der Waals surface area (Å²) in [6, 6.07) is 20.0. The number of carbonyl (C=O) groups excluding carboxylic acids is 1. The molecule has 1 saturated heterocycles. The molecule has 8 nitrogen and oxygen atoms in total. The maximum Gasteiger partial charge on any atom is 0.245 e.